The van der Waals surface area contributed by atoms with Crippen LogP contribution in [0.25, 0.3) is 28.1 Å². The van der Waals surface area contributed by atoms with E-state index in [1.807, 2.05) is 42.5 Å². The molecule has 0 aliphatic carbocycles. The first-order valence-corrected chi connectivity index (χ1v) is 7.67. The molecule has 25 heavy (non-hydrogen) atoms. The van der Waals surface area contributed by atoms with E-state index in [1.165, 1.54) is 4.68 Å². The van der Waals surface area contributed by atoms with E-state index in [2.05, 4.69) is 20.2 Å². The lowest BCUT2D eigenvalue weighted by molar-refractivity contribution is 0.827. The lowest BCUT2D eigenvalue weighted by Crippen LogP contribution is -2.18. The molecular formula is C18H13N5O2. The van der Waals surface area contributed by atoms with Gasteiger partial charge in [-0.1, -0.05) is 42.5 Å². The van der Waals surface area contributed by atoms with Gasteiger partial charge in [-0.05, 0) is 24.2 Å². The molecule has 7 heteroatoms. The van der Waals surface area contributed by atoms with Crippen LogP contribution in [0.3, 0.4) is 0 Å². The number of nitroso groups, excluding NO2 is 1. The van der Waals surface area contributed by atoms with E-state index in [1.54, 1.807) is 19.1 Å². The van der Waals surface area contributed by atoms with Gasteiger partial charge in [0, 0.05) is 5.56 Å². The van der Waals surface area contributed by atoms with Crippen molar-refractivity contribution in [3.63, 3.8) is 0 Å². The first-order valence-electron chi connectivity index (χ1n) is 7.67. The third-order valence-electron chi connectivity index (χ3n) is 3.95. The molecule has 1 N–H and O–H groups in total. The van der Waals surface area contributed by atoms with Crippen molar-refractivity contribution >= 4 is 16.7 Å². The number of benzene rings is 2. The number of aromatic amines is 1. The Bertz CT molecular complexity index is 1150. The summed E-state index contributed by atoms with van der Waals surface area (Å²) in [6, 6.07) is 16.4. The fraction of sp³-hybridized carbons (Fsp3) is 0.0556. The van der Waals surface area contributed by atoms with Crippen LogP contribution in [0.4, 0.5) is 5.69 Å². The molecule has 2 heterocycles. The number of aromatic nitrogens is 4. The van der Waals surface area contributed by atoms with Crippen LogP contribution in [0.1, 0.15) is 5.69 Å². The van der Waals surface area contributed by atoms with Crippen molar-refractivity contribution in [2.45, 2.75) is 6.92 Å². The summed E-state index contributed by atoms with van der Waals surface area (Å²) in [6.07, 6.45) is 0. The smallest absolute Gasteiger partial charge is 0.293 e. The second kappa shape index (κ2) is 5.79. The summed E-state index contributed by atoms with van der Waals surface area (Å²) in [5.74, 6) is 0.0931. The highest BCUT2D eigenvalue weighted by atomic mass is 16.3. The molecule has 0 aliphatic heterocycles. The fourth-order valence-corrected chi connectivity index (χ4v) is 2.80. The van der Waals surface area contributed by atoms with E-state index in [-0.39, 0.29) is 11.5 Å². The predicted molar refractivity (Wildman–Crippen MR) is 95.1 cm³/mol. The molecule has 0 amide bonds. The Morgan fingerprint density at radius 2 is 1.76 bits per heavy atom. The Labute approximate surface area is 141 Å². The molecule has 2 aromatic heterocycles. The maximum absolute atomic E-state index is 12.5. The highest BCUT2D eigenvalue weighted by molar-refractivity contribution is 5.77. The molecule has 0 bridgehead atoms. The number of rotatable bonds is 3. The maximum Gasteiger partial charge on any atom is 0.293 e. The van der Waals surface area contributed by atoms with Gasteiger partial charge in [-0.25, -0.2) is 9.67 Å². The minimum Gasteiger partial charge on any atom is -0.317 e. The zero-order valence-corrected chi connectivity index (χ0v) is 13.3. The molecule has 0 aliphatic rings. The number of hydrogen-bond donors (Lipinski definition) is 1. The molecule has 7 nitrogen and oxygen atoms in total. The quantitative estimate of drug-likeness (QED) is 0.582. The van der Waals surface area contributed by atoms with Crippen molar-refractivity contribution in [1.29, 1.82) is 0 Å². The van der Waals surface area contributed by atoms with Gasteiger partial charge < -0.3 is 4.98 Å². The van der Waals surface area contributed by atoms with Crippen molar-refractivity contribution in [3.05, 3.63) is 75.6 Å². The first kappa shape index (κ1) is 14.9. The predicted octanol–water partition coefficient (Wildman–Crippen LogP) is 3.48. The Balaban J connectivity index is 2.06. The molecule has 0 saturated heterocycles. The van der Waals surface area contributed by atoms with Gasteiger partial charge in [-0.2, -0.15) is 5.10 Å². The van der Waals surface area contributed by atoms with Gasteiger partial charge in [0.2, 0.25) is 5.82 Å². The second-order valence-electron chi connectivity index (χ2n) is 5.56. The largest absolute Gasteiger partial charge is 0.317 e. The molecule has 0 fully saturated rings. The summed E-state index contributed by atoms with van der Waals surface area (Å²) in [7, 11) is 0. The molecule has 0 spiro atoms. The van der Waals surface area contributed by atoms with E-state index < -0.39 is 5.56 Å². The number of nitrogens with one attached hydrogen (secondary N) is 1. The number of nitrogens with zero attached hydrogens (tertiary/aromatic N) is 4. The van der Waals surface area contributed by atoms with Gasteiger partial charge in [0.05, 0.1) is 16.7 Å². The number of aryl methyl sites for hydroxylation is 1. The molecule has 4 aromatic rings. The molecule has 2 aromatic carbocycles. The van der Waals surface area contributed by atoms with Crippen LogP contribution in [0, 0.1) is 11.8 Å². The average molecular weight is 331 g/mol. The van der Waals surface area contributed by atoms with Crippen molar-refractivity contribution in [2.75, 3.05) is 0 Å². The highest BCUT2D eigenvalue weighted by Crippen LogP contribution is 2.34. The Kier molecular flexibility index (Phi) is 3.46. The number of H-pyrrole nitrogens is 1. The van der Waals surface area contributed by atoms with Gasteiger partial charge in [0.25, 0.3) is 5.56 Å². The van der Waals surface area contributed by atoms with Crippen molar-refractivity contribution in [1.82, 2.24) is 19.7 Å². The Hall–Kier alpha value is -3.61. The second-order valence-corrected chi connectivity index (χ2v) is 5.56. The molecule has 4 rings (SSSR count). The van der Waals surface area contributed by atoms with E-state index in [4.69, 9.17) is 0 Å². The molecule has 0 unspecified atom stereocenters. The van der Waals surface area contributed by atoms with Crippen LogP contribution in [0.2, 0.25) is 0 Å². The Morgan fingerprint density at radius 3 is 2.52 bits per heavy atom. The Morgan fingerprint density at radius 1 is 1.04 bits per heavy atom. The van der Waals surface area contributed by atoms with Crippen LogP contribution in [-0.4, -0.2) is 19.7 Å². The van der Waals surface area contributed by atoms with Gasteiger partial charge in [0.1, 0.15) is 5.69 Å². The zero-order valence-electron chi connectivity index (χ0n) is 13.3. The highest BCUT2D eigenvalue weighted by Gasteiger charge is 2.21. The van der Waals surface area contributed by atoms with Crippen LogP contribution in [-0.2, 0) is 0 Å². The molecule has 0 saturated carbocycles. The fourth-order valence-electron chi connectivity index (χ4n) is 2.80. The normalized spacial score (nSPS) is 10.9. The van der Waals surface area contributed by atoms with Crippen molar-refractivity contribution in [2.24, 2.45) is 5.18 Å². The SMILES string of the molecule is Cc1nn(-c2nc3ccccc3[nH]c2=O)c(-c2ccccc2)c1N=O. The number of para-hydroxylation sites is 2. The van der Waals surface area contributed by atoms with Crippen molar-refractivity contribution < 1.29 is 0 Å². The third kappa shape index (κ3) is 2.42. The van der Waals surface area contributed by atoms with E-state index in [9.17, 15) is 9.70 Å². The lowest BCUT2D eigenvalue weighted by Gasteiger charge is -2.07. The zero-order chi connectivity index (χ0) is 17.4. The lowest BCUT2D eigenvalue weighted by atomic mass is 10.1. The van der Waals surface area contributed by atoms with Crippen LogP contribution >= 0.6 is 0 Å². The monoisotopic (exact) mass is 331 g/mol. The van der Waals surface area contributed by atoms with E-state index in [0.717, 1.165) is 5.56 Å². The summed E-state index contributed by atoms with van der Waals surface area (Å²) in [6.45, 7) is 1.68. The summed E-state index contributed by atoms with van der Waals surface area (Å²) in [5.41, 5.74) is 2.67. The maximum atomic E-state index is 12.5. The van der Waals surface area contributed by atoms with Gasteiger partial charge in [-0.3, -0.25) is 4.79 Å². The van der Waals surface area contributed by atoms with Crippen molar-refractivity contribution in [3.8, 4) is 17.1 Å². The summed E-state index contributed by atoms with van der Waals surface area (Å²) in [5, 5.41) is 7.45. The molecule has 0 radical (unpaired) electrons. The number of fused-ring (bicyclic) bond motifs is 1. The van der Waals surface area contributed by atoms with Crippen LogP contribution in [0.5, 0.6) is 0 Å². The minimum absolute atomic E-state index is 0.0931. The summed E-state index contributed by atoms with van der Waals surface area (Å²) in [4.78, 5) is 31.1. The topological polar surface area (TPSA) is 93.0 Å². The molecular weight excluding hydrogens is 318 g/mol. The minimum atomic E-state index is -0.393. The molecule has 122 valence electrons. The molecule has 0 atom stereocenters. The first-order chi connectivity index (χ1) is 12.2. The van der Waals surface area contributed by atoms with E-state index in [0.29, 0.717) is 22.4 Å². The number of hydrogen-bond acceptors (Lipinski definition) is 5. The van der Waals surface area contributed by atoms with Gasteiger partial charge in [-0.15, -0.1) is 4.91 Å². The van der Waals surface area contributed by atoms with E-state index >= 15 is 0 Å². The van der Waals surface area contributed by atoms with Gasteiger partial charge >= 0.3 is 0 Å². The summed E-state index contributed by atoms with van der Waals surface area (Å²) >= 11 is 0. The van der Waals surface area contributed by atoms with Crippen LogP contribution in [0.15, 0.2) is 64.6 Å². The third-order valence-corrected chi connectivity index (χ3v) is 3.95. The van der Waals surface area contributed by atoms with Crippen LogP contribution < -0.4 is 5.56 Å². The summed E-state index contributed by atoms with van der Waals surface area (Å²) < 4.78 is 1.38. The average Bonchev–Trinajstić information content (AvgIpc) is 2.98. The standard InChI is InChI=1S/C18H13N5O2/c1-11-15(22-25)16(12-7-3-2-4-8-12)23(21-11)17-18(24)20-14-10-6-5-9-13(14)19-17/h2-10H,1H3,(H,20,24). The van der Waals surface area contributed by atoms with Gasteiger partial charge in [0.15, 0.2) is 5.69 Å².